The number of rotatable bonds is 5. The van der Waals surface area contributed by atoms with Crippen molar-refractivity contribution in [1.82, 2.24) is 25.1 Å². The molecule has 0 aliphatic carbocycles. The Bertz CT molecular complexity index is 1030. The van der Waals surface area contributed by atoms with E-state index in [0.717, 1.165) is 22.5 Å². The molecule has 2 heterocycles. The number of nitrogens with zero attached hydrogens (tertiary/aromatic N) is 4. The first-order chi connectivity index (χ1) is 13.3. The predicted molar refractivity (Wildman–Crippen MR) is 102 cm³/mol. The molecule has 0 fully saturated rings. The normalized spacial score (nSPS) is 10.5. The number of carbonyl (C=O) groups excluding carboxylic acids is 1. The number of aromatic nitrogens is 4. The molecular formula is C21H17N5O. The van der Waals surface area contributed by atoms with Crippen LogP contribution in [0.25, 0.3) is 16.9 Å². The summed E-state index contributed by atoms with van der Waals surface area (Å²) in [5, 5.41) is 7.63. The highest BCUT2D eigenvalue weighted by molar-refractivity contribution is 5.91. The van der Waals surface area contributed by atoms with Crippen molar-refractivity contribution in [1.29, 1.82) is 0 Å². The maximum atomic E-state index is 12.3. The second kappa shape index (κ2) is 7.61. The summed E-state index contributed by atoms with van der Waals surface area (Å²) in [5.74, 6) is -0.269. The zero-order valence-electron chi connectivity index (χ0n) is 14.5. The van der Waals surface area contributed by atoms with Crippen molar-refractivity contribution in [2.45, 2.75) is 6.54 Å². The van der Waals surface area contributed by atoms with E-state index in [1.165, 1.54) is 18.6 Å². The number of hydrogen-bond acceptors (Lipinski definition) is 4. The van der Waals surface area contributed by atoms with Gasteiger partial charge in [0.15, 0.2) is 0 Å². The minimum Gasteiger partial charge on any atom is -0.346 e. The first-order valence-corrected chi connectivity index (χ1v) is 8.55. The number of benzene rings is 2. The molecule has 2 aromatic carbocycles. The Labute approximate surface area is 156 Å². The molecule has 27 heavy (non-hydrogen) atoms. The molecule has 2 aromatic heterocycles. The number of amides is 1. The Morgan fingerprint density at radius 3 is 2.41 bits per heavy atom. The van der Waals surface area contributed by atoms with E-state index in [9.17, 15) is 4.79 Å². The molecule has 0 saturated carbocycles. The highest BCUT2D eigenvalue weighted by Crippen LogP contribution is 2.23. The minimum atomic E-state index is -0.269. The van der Waals surface area contributed by atoms with E-state index < -0.39 is 0 Å². The average Bonchev–Trinajstić information content (AvgIpc) is 3.18. The van der Waals surface area contributed by atoms with Crippen molar-refractivity contribution >= 4 is 5.91 Å². The zero-order chi connectivity index (χ0) is 18.5. The number of nitrogens with one attached hydrogen (secondary N) is 1. The number of para-hydroxylation sites is 1. The molecule has 0 bridgehead atoms. The van der Waals surface area contributed by atoms with Crippen molar-refractivity contribution < 1.29 is 4.79 Å². The monoisotopic (exact) mass is 355 g/mol. The van der Waals surface area contributed by atoms with Crippen LogP contribution in [0.2, 0.25) is 0 Å². The summed E-state index contributed by atoms with van der Waals surface area (Å²) in [6.45, 7) is 0.340. The van der Waals surface area contributed by atoms with E-state index in [2.05, 4.69) is 15.3 Å². The van der Waals surface area contributed by atoms with Crippen molar-refractivity contribution in [2.24, 2.45) is 0 Å². The number of carbonyl (C=O) groups is 1. The third-order valence-electron chi connectivity index (χ3n) is 4.09. The molecule has 4 aromatic rings. The summed E-state index contributed by atoms with van der Waals surface area (Å²) < 4.78 is 1.83. The van der Waals surface area contributed by atoms with Crippen LogP contribution in [0.3, 0.4) is 0 Å². The molecule has 1 N–H and O–H groups in total. The van der Waals surface area contributed by atoms with Gasteiger partial charge in [0, 0.05) is 36.3 Å². The SMILES string of the molecule is O=C(NCc1cn(-c2ccccc2)nc1-c1ccccc1)c1cnccn1. The summed E-state index contributed by atoms with van der Waals surface area (Å²) in [5.41, 5.74) is 3.99. The first-order valence-electron chi connectivity index (χ1n) is 8.55. The van der Waals surface area contributed by atoms with Crippen LogP contribution in [0.4, 0.5) is 0 Å². The minimum absolute atomic E-state index is 0.269. The standard InChI is InChI=1S/C21H17N5O/c27-21(19-14-22-11-12-23-19)24-13-17-15-26(18-9-5-2-6-10-18)25-20(17)16-7-3-1-4-8-16/h1-12,14-15H,13H2,(H,24,27). The fourth-order valence-electron chi connectivity index (χ4n) is 2.77. The van der Waals surface area contributed by atoms with Gasteiger partial charge < -0.3 is 5.32 Å². The van der Waals surface area contributed by atoms with Crippen LogP contribution in [0.1, 0.15) is 16.1 Å². The van der Waals surface area contributed by atoms with Crippen molar-refractivity contribution in [2.75, 3.05) is 0 Å². The molecule has 0 unspecified atom stereocenters. The molecule has 6 nitrogen and oxygen atoms in total. The molecule has 132 valence electrons. The Morgan fingerprint density at radius 1 is 0.963 bits per heavy atom. The van der Waals surface area contributed by atoms with Gasteiger partial charge in [0.1, 0.15) is 5.69 Å². The summed E-state index contributed by atoms with van der Waals surface area (Å²) in [4.78, 5) is 20.3. The first kappa shape index (κ1) is 16.7. The van der Waals surface area contributed by atoms with Crippen LogP contribution >= 0.6 is 0 Å². The van der Waals surface area contributed by atoms with Gasteiger partial charge in [-0.3, -0.25) is 9.78 Å². The smallest absolute Gasteiger partial charge is 0.271 e. The lowest BCUT2D eigenvalue weighted by molar-refractivity contribution is 0.0945. The van der Waals surface area contributed by atoms with E-state index in [4.69, 9.17) is 5.10 Å². The van der Waals surface area contributed by atoms with Crippen molar-refractivity contribution in [3.8, 4) is 16.9 Å². The molecule has 0 aliphatic rings. The lowest BCUT2D eigenvalue weighted by atomic mass is 10.1. The fourth-order valence-corrected chi connectivity index (χ4v) is 2.77. The van der Waals surface area contributed by atoms with Crippen molar-refractivity contribution in [3.63, 3.8) is 0 Å². The van der Waals surface area contributed by atoms with Gasteiger partial charge in [-0.25, -0.2) is 9.67 Å². The Balaban J connectivity index is 1.64. The van der Waals surface area contributed by atoms with Gasteiger partial charge in [-0.1, -0.05) is 48.5 Å². The van der Waals surface area contributed by atoms with Gasteiger partial charge in [-0.05, 0) is 12.1 Å². The Hall–Kier alpha value is -3.80. The maximum absolute atomic E-state index is 12.3. The third-order valence-corrected chi connectivity index (χ3v) is 4.09. The van der Waals surface area contributed by atoms with Gasteiger partial charge in [0.05, 0.1) is 17.6 Å². The number of hydrogen-bond donors (Lipinski definition) is 1. The van der Waals surface area contributed by atoms with E-state index in [1.807, 2.05) is 71.5 Å². The molecule has 0 spiro atoms. The summed E-state index contributed by atoms with van der Waals surface area (Å²) in [6, 6.07) is 19.8. The van der Waals surface area contributed by atoms with E-state index in [0.29, 0.717) is 6.54 Å². The molecule has 1 amide bonds. The molecule has 4 rings (SSSR count). The third kappa shape index (κ3) is 3.74. The van der Waals surface area contributed by atoms with Crippen LogP contribution in [0.5, 0.6) is 0 Å². The maximum Gasteiger partial charge on any atom is 0.271 e. The van der Waals surface area contributed by atoms with Gasteiger partial charge in [0.2, 0.25) is 0 Å². The average molecular weight is 355 g/mol. The molecule has 0 radical (unpaired) electrons. The summed E-state index contributed by atoms with van der Waals surface area (Å²) >= 11 is 0. The predicted octanol–water partition coefficient (Wildman–Crippen LogP) is 3.26. The van der Waals surface area contributed by atoms with Gasteiger partial charge >= 0.3 is 0 Å². The molecule has 6 heteroatoms. The second-order valence-electron chi connectivity index (χ2n) is 5.92. The van der Waals surface area contributed by atoms with Gasteiger partial charge in [-0.2, -0.15) is 5.10 Å². The summed E-state index contributed by atoms with van der Waals surface area (Å²) in [7, 11) is 0. The van der Waals surface area contributed by atoms with Crippen LogP contribution in [0.15, 0.2) is 85.5 Å². The topological polar surface area (TPSA) is 72.7 Å². The van der Waals surface area contributed by atoms with E-state index in [-0.39, 0.29) is 11.6 Å². The largest absolute Gasteiger partial charge is 0.346 e. The molecule has 0 atom stereocenters. The van der Waals surface area contributed by atoms with E-state index >= 15 is 0 Å². The molecular weight excluding hydrogens is 338 g/mol. The lowest BCUT2D eigenvalue weighted by Gasteiger charge is -2.05. The van der Waals surface area contributed by atoms with Crippen LogP contribution in [0, 0.1) is 0 Å². The van der Waals surface area contributed by atoms with E-state index in [1.54, 1.807) is 0 Å². The van der Waals surface area contributed by atoms with Crippen molar-refractivity contribution in [3.05, 3.63) is 96.7 Å². The molecule has 0 aliphatic heterocycles. The van der Waals surface area contributed by atoms with Gasteiger partial charge in [0.25, 0.3) is 5.91 Å². The van der Waals surface area contributed by atoms with Crippen LogP contribution < -0.4 is 5.32 Å². The zero-order valence-corrected chi connectivity index (χ0v) is 14.5. The van der Waals surface area contributed by atoms with Gasteiger partial charge in [-0.15, -0.1) is 0 Å². The highest BCUT2D eigenvalue weighted by atomic mass is 16.1. The Kier molecular flexibility index (Phi) is 4.70. The van der Waals surface area contributed by atoms with Crippen LogP contribution in [-0.4, -0.2) is 25.7 Å². The fraction of sp³-hybridized carbons (Fsp3) is 0.0476. The Morgan fingerprint density at radius 2 is 1.70 bits per heavy atom. The lowest BCUT2D eigenvalue weighted by Crippen LogP contribution is -2.24. The second-order valence-corrected chi connectivity index (χ2v) is 5.92. The highest BCUT2D eigenvalue weighted by Gasteiger charge is 2.14. The quantitative estimate of drug-likeness (QED) is 0.596. The van der Waals surface area contributed by atoms with Crippen LogP contribution in [-0.2, 0) is 6.54 Å². The molecule has 0 saturated heterocycles. The summed E-state index contributed by atoms with van der Waals surface area (Å²) in [6.07, 6.45) is 6.42.